The van der Waals surface area contributed by atoms with Crippen molar-refractivity contribution < 1.29 is 4.39 Å². The smallest absolute Gasteiger partial charge is 0.129 e. The zero-order valence-electron chi connectivity index (χ0n) is 12.0. The molecule has 2 atom stereocenters. The van der Waals surface area contributed by atoms with E-state index in [0.29, 0.717) is 36.2 Å². The molecule has 0 bridgehead atoms. The van der Waals surface area contributed by atoms with Gasteiger partial charge in [-0.25, -0.2) is 4.39 Å². The minimum atomic E-state index is -0.295. The second-order valence-corrected chi connectivity index (χ2v) is 5.68. The lowest BCUT2D eigenvalue weighted by Crippen LogP contribution is -2.42. The Morgan fingerprint density at radius 3 is 2.80 bits per heavy atom. The molecule has 108 valence electrons. The lowest BCUT2D eigenvalue weighted by Gasteiger charge is -2.37. The minimum Gasteiger partial charge on any atom is -0.330 e. The number of benzene rings is 1. The second-order valence-electron chi connectivity index (χ2n) is 5.68. The van der Waals surface area contributed by atoms with Gasteiger partial charge in [0.15, 0.2) is 0 Å². The van der Waals surface area contributed by atoms with E-state index in [0.717, 1.165) is 6.42 Å². The standard InChI is InChI=1S/C16H22FN3/c1-20(16-5-3-2-4-13(16)10-19)11-14-7-6-12(9-18)8-15(14)17/h6-8,13,16H,2-5,10-11,19H2,1H3. The van der Waals surface area contributed by atoms with E-state index in [1.807, 2.05) is 13.1 Å². The molecule has 0 aliphatic heterocycles. The Balaban J connectivity index is 2.07. The summed E-state index contributed by atoms with van der Waals surface area (Å²) in [6.07, 6.45) is 4.77. The average molecular weight is 275 g/mol. The first kappa shape index (κ1) is 15.0. The highest BCUT2D eigenvalue weighted by Crippen LogP contribution is 2.28. The molecule has 1 aliphatic rings. The topological polar surface area (TPSA) is 53.0 Å². The molecule has 4 heteroatoms. The van der Waals surface area contributed by atoms with Crippen molar-refractivity contribution in [2.45, 2.75) is 38.3 Å². The molecule has 2 rings (SSSR count). The molecule has 2 N–H and O–H groups in total. The van der Waals surface area contributed by atoms with Crippen LogP contribution in [0.15, 0.2) is 18.2 Å². The van der Waals surface area contributed by atoms with Crippen LogP contribution in [0.4, 0.5) is 4.39 Å². The van der Waals surface area contributed by atoms with Crippen LogP contribution in [0.1, 0.15) is 36.8 Å². The van der Waals surface area contributed by atoms with Crippen molar-refractivity contribution in [1.82, 2.24) is 4.90 Å². The zero-order valence-corrected chi connectivity index (χ0v) is 12.0. The van der Waals surface area contributed by atoms with Gasteiger partial charge in [-0.3, -0.25) is 4.90 Å². The number of nitriles is 1. The van der Waals surface area contributed by atoms with Gasteiger partial charge in [-0.1, -0.05) is 18.9 Å². The summed E-state index contributed by atoms with van der Waals surface area (Å²) in [5.41, 5.74) is 6.87. The number of halogens is 1. The third-order valence-corrected chi connectivity index (χ3v) is 4.34. The van der Waals surface area contributed by atoms with Crippen LogP contribution in [0.5, 0.6) is 0 Å². The number of rotatable bonds is 4. The maximum atomic E-state index is 13.9. The van der Waals surface area contributed by atoms with Gasteiger partial charge in [-0.05, 0) is 44.5 Å². The van der Waals surface area contributed by atoms with Crippen molar-refractivity contribution in [3.8, 4) is 6.07 Å². The van der Waals surface area contributed by atoms with Crippen LogP contribution >= 0.6 is 0 Å². The summed E-state index contributed by atoms with van der Waals surface area (Å²) in [7, 11) is 2.04. The van der Waals surface area contributed by atoms with Gasteiger partial charge < -0.3 is 5.73 Å². The average Bonchev–Trinajstić information content (AvgIpc) is 2.49. The van der Waals surface area contributed by atoms with Crippen LogP contribution in [-0.2, 0) is 6.54 Å². The van der Waals surface area contributed by atoms with Crippen molar-refractivity contribution in [2.24, 2.45) is 11.7 Å². The van der Waals surface area contributed by atoms with Gasteiger partial charge in [-0.2, -0.15) is 5.26 Å². The molecule has 1 aliphatic carbocycles. The molecule has 0 saturated heterocycles. The SMILES string of the molecule is CN(Cc1ccc(C#N)cc1F)C1CCCCC1CN. The third-order valence-electron chi connectivity index (χ3n) is 4.34. The molecule has 20 heavy (non-hydrogen) atoms. The van der Waals surface area contributed by atoms with Crippen molar-refractivity contribution in [2.75, 3.05) is 13.6 Å². The van der Waals surface area contributed by atoms with Gasteiger partial charge in [0.25, 0.3) is 0 Å². The van der Waals surface area contributed by atoms with E-state index in [1.165, 1.54) is 25.3 Å². The van der Waals surface area contributed by atoms with Crippen LogP contribution in [0, 0.1) is 23.1 Å². The zero-order chi connectivity index (χ0) is 14.5. The monoisotopic (exact) mass is 275 g/mol. The van der Waals surface area contributed by atoms with E-state index >= 15 is 0 Å². The van der Waals surface area contributed by atoms with Crippen molar-refractivity contribution in [3.63, 3.8) is 0 Å². The van der Waals surface area contributed by atoms with E-state index in [-0.39, 0.29) is 5.82 Å². The fourth-order valence-electron chi connectivity index (χ4n) is 3.17. The molecule has 0 aromatic heterocycles. The molecule has 0 amide bonds. The Kier molecular flexibility index (Phi) is 5.11. The van der Waals surface area contributed by atoms with Gasteiger partial charge in [-0.15, -0.1) is 0 Å². The van der Waals surface area contributed by atoms with Crippen LogP contribution in [0.25, 0.3) is 0 Å². The van der Waals surface area contributed by atoms with Crippen LogP contribution in [-0.4, -0.2) is 24.5 Å². The first-order valence-corrected chi connectivity index (χ1v) is 7.24. The van der Waals surface area contributed by atoms with Gasteiger partial charge in [0, 0.05) is 18.2 Å². The van der Waals surface area contributed by atoms with Gasteiger partial charge in [0.1, 0.15) is 5.82 Å². The minimum absolute atomic E-state index is 0.295. The van der Waals surface area contributed by atoms with E-state index < -0.39 is 0 Å². The van der Waals surface area contributed by atoms with Gasteiger partial charge >= 0.3 is 0 Å². The van der Waals surface area contributed by atoms with Crippen LogP contribution < -0.4 is 5.73 Å². The fraction of sp³-hybridized carbons (Fsp3) is 0.562. The Hall–Kier alpha value is -1.44. The molecular formula is C16H22FN3. The van der Waals surface area contributed by atoms with Crippen molar-refractivity contribution in [3.05, 3.63) is 35.1 Å². The number of nitrogens with two attached hydrogens (primary N) is 1. The van der Waals surface area contributed by atoms with E-state index in [4.69, 9.17) is 11.0 Å². The normalized spacial score (nSPS) is 22.8. The predicted molar refractivity (Wildman–Crippen MR) is 77.4 cm³/mol. The van der Waals surface area contributed by atoms with Crippen LogP contribution in [0.3, 0.4) is 0 Å². The molecular weight excluding hydrogens is 253 g/mol. The highest BCUT2D eigenvalue weighted by atomic mass is 19.1. The molecule has 0 radical (unpaired) electrons. The molecule has 3 nitrogen and oxygen atoms in total. The summed E-state index contributed by atoms with van der Waals surface area (Å²) < 4.78 is 13.9. The highest BCUT2D eigenvalue weighted by Gasteiger charge is 2.27. The first-order chi connectivity index (χ1) is 9.65. The Morgan fingerprint density at radius 2 is 2.15 bits per heavy atom. The van der Waals surface area contributed by atoms with Gasteiger partial charge in [0.05, 0.1) is 11.6 Å². The summed E-state index contributed by atoms with van der Waals surface area (Å²) in [5, 5.41) is 8.76. The predicted octanol–water partition coefficient (Wildman–Crippen LogP) is 2.65. The van der Waals surface area contributed by atoms with Crippen molar-refractivity contribution in [1.29, 1.82) is 5.26 Å². The van der Waals surface area contributed by atoms with E-state index in [9.17, 15) is 4.39 Å². The molecule has 2 unspecified atom stereocenters. The largest absolute Gasteiger partial charge is 0.330 e. The van der Waals surface area contributed by atoms with Crippen LogP contribution in [0.2, 0.25) is 0 Å². The van der Waals surface area contributed by atoms with Gasteiger partial charge in [0.2, 0.25) is 0 Å². The fourth-order valence-corrected chi connectivity index (χ4v) is 3.17. The van der Waals surface area contributed by atoms with E-state index in [2.05, 4.69) is 4.90 Å². The molecule has 1 aromatic carbocycles. The number of nitrogens with zero attached hydrogens (tertiary/aromatic N) is 2. The summed E-state index contributed by atoms with van der Waals surface area (Å²) in [5.74, 6) is 0.214. The molecule has 0 heterocycles. The summed E-state index contributed by atoms with van der Waals surface area (Å²) in [6.45, 7) is 1.27. The summed E-state index contributed by atoms with van der Waals surface area (Å²) in [4.78, 5) is 2.21. The Bertz CT molecular complexity index is 495. The second kappa shape index (κ2) is 6.83. The molecule has 0 spiro atoms. The molecule has 1 fully saturated rings. The Morgan fingerprint density at radius 1 is 1.40 bits per heavy atom. The number of hydrogen-bond acceptors (Lipinski definition) is 3. The summed E-state index contributed by atoms with van der Waals surface area (Å²) >= 11 is 0. The number of hydrogen-bond donors (Lipinski definition) is 1. The van der Waals surface area contributed by atoms with E-state index in [1.54, 1.807) is 12.1 Å². The summed E-state index contributed by atoms with van der Waals surface area (Å²) in [6, 6.07) is 7.09. The molecule has 1 saturated carbocycles. The van der Waals surface area contributed by atoms with Crippen molar-refractivity contribution >= 4 is 0 Å². The lowest BCUT2D eigenvalue weighted by molar-refractivity contribution is 0.126. The Labute approximate surface area is 120 Å². The maximum Gasteiger partial charge on any atom is 0.129 e. The molecule has 1 aromatic rings. The third kappa shape index (κ3) is 3.36. The highest BCUT2D eigenvalue weighted by molar-refractivity contribution is 5.32. The quantitative estimate of drug-likeness (QED) is 0.919. The lowest BCUT2D eigenvalue weighted by atomic mass is 9.83. The maximum absolute atomic E-state index is 13.9. The first-order valence-electron chi connectivity index (χ1n) is 7.24.